The number of ether oxygens (including phenoxy) is 3. The van der Waals surface area contributed by atoms with Gasteiger partial charge in [-0.3, -0.25) is 4.40 Å². The molecular weight excluding hydrogens is 386 g/mol. The number of methoxy groups -OCH3 is 3. The van der Waals surface area contributed by atoms with E-state index in [-0.39, 0.29) is 6.42 Å². The summed E-state index contributed by atoms with van der Waals surface area (Å²) in [5, 5.41) is 11.5. The molecule has 0 N–H and O–H groups in total. The topological polar surface area (TPSA) is 68.8 Å². The van der Waals surface area contributed by atoms with E-state index in [9.17, 15) is 5.26 Å². The van der Waals surface area contributed by atoms with Crippen molar-refractivity contribution in [3.63, 3.8) is 0 Å². The molecule has 4 rings (SSSR count). The summed E-state index contributed by atoms with van der Waals surface area (Å²) in [6.07, 6.45) is 0.213. The normalized spacial score (nSPS) is 10.7. The molecule has 0 unspecified atom stereocenters. The van der Waals surface area contributed by atoms with Gasteiger partial charge in [0.25, 0.3) is 0 Å². The van der Waals surface area contributed by atoms with Gasteiger partial charge in [0, 0.05) is 16.5 Å². The molecule has 0 saturated heterocycles. The van der Waals surface area contributed by atoms with Crippen LogP contribution in [0.4, 0.5) is 0 Å². The van der Waals surface area contributed by atoms with E-state index >= 15 is 0 Å². The van der Waals surface area contributed by atoms with Crippen molar-refractivity contribution in [2.75, 3.05) is 21.3 Å². The standard InChI is InChI=1S/C22H19N3O3S/c1-26-14-8-9-20(28-3)16(12-14)18-13-29-22-24-21(17(10-11-23)25(18)22)15-6-4-5-7-19(15)27-2/h4-9,12-13H,10H2,1-3H3. The zero-order chi connectivity index (χ0) is 20.4. The van der Waals surface area contributed by atoms with E-state index in [2.05, 4.69) is 6.07 Å². The molecule has 0 aliphatic rings. The summed E-state index contributed by atoms with van der Waals surface area (Å²) in [5.41, 5.74) is 4.20. The van der Waals surface area contributed by atoms with E-state index in [4.69, 9.17) is 19.2 Å². The predicted octanol–water partition coefficient (Wildman–Crippen LogP) is 4.82. The largest absolute Gasteiger partial charge is 0.497 e. The zero-order valence-corrected chi connectivity index (χ0v) is 17.1. The lowest BCUT2D eigenvalue weighted by atomic mass is 10.1. The number of nitrogens with zero attached hydrogens (tertiary/aromatic N) is 3. The molecule has 0 aliphatic carbocycles. The molecule has 2 heterocycles. The minimum absolute atomic E-state index is 0.213. The second kappa shape index (κ2) is 7.86. The van der Waals surface area contributed by atoms with Gasteiger partial charge in [0.1, 0.15) is 17.2 Å². The highest BCUT2D eigenvalue weighted by Crippen LogP contribution is 2.40. The van der Waals surface area contributed by atoms with E-state index in [1.165, 1.54) is 11.3 Å². The highest BCUT2D eigenvalue weighted by atomic mass is 32.1. The van der Waals surface area contributed by atoms with E-state index in [1.54, 1.807) is 21.3 Å². The molecule has 2 aromatic heterocycles. The average molecular weight is 405 g/mol. The van der Waals surface area contributed by atoms with Crippen molar-refractivity contribution in [2.45, 2.75) is 6.42 Å². The Hall–Kier alpha value is -3.50. The van der Waals surface area contributed by atoms with Gasteiger partial charge in [-0.2, -0.15) is 5.26 Å². The molecule has 0 fully saturated rings. The molecule has 7 heteroatoms. The Morgan fingerprint density at radius 2 is 1.76 bits per heavy atom. The first-order valence-electron chi connectivity index (χ1n) is 8.93. The van der Waals surface area contributed by atoms with Crippen LogP contribution in [0.25, 0.3) is 27.5 Å². The second-order valence-electron chi connectivity index (χ2n) is 6.25. The van der Waals surface area contributed by atoms with Crippen LogP contribution in [0.2, 0.25) is 0 Å². The first-order chi connectivity index (χ1) is 14.2. The Morgan fingerprint density at radius 3 is 2.48 bits per heavy atom. The number of benzene rings is 2. The average Bonchev–Trinajstić information content (AvgIpc) is 3.33. The molecule has 0 spiro atoms. The van der Waals surface area contributed by atoms with Crippen molar-refractivity contribution in [1.82, 2.24) is 9.38 Å². The highest BCUT2D eigenvalue weighted by molar-refractivity contribution is 7.15. The monoisotopic (exact) mass is 405 g/mol. The van der Waals surface area contributed by atoms with Gasteiger partial charge in [0.15, 0.2) is 4.96 Å². The van der Waals surface area contributed by atoms with Crippen molar-refractivity contribution in [3.8, 4) is 45.8 Å². The highest BCUT2D eigenvalue weighted by Gasteiger charge is 2.22. The van der Waals surface area contributed by atoms with Crippen molar-refractivity contribution in [1.29, 1.82) is 5.26 Å². The zero-order valence-electron chi connectivity index (χ0n) is 16.3. The van der Waals surface area contributed by atoms with Gasteiger partial charge in [-0.05, 0) is 30.3 Å². The Kier molecular flexibility index (Phi) is 5.10. The van der Waals surface area contributed by atoms with Gasteiger partial charge in [-0.1, -0.05) is 12.1 Å². The predicted molar refractivity (Wildman–Crippen MR) is 113 cm³/mol. The van der Waals surface area contributed by atoms with Gasteiger partial charge < -0.3 is 14.2 Å². The summed E-state index contributed by atoms with van der Waals surface area (Å²) < 4.78 is 18.5. The van der Waals surface area contributed by atoms with Crippen LogP contribution >= 0.6 is 11.3 Å². The molecule has 0 atom stereocenters. The number of aromatic nitrogens is 2. The lowest BCUT2D eigenvalue weighted by Crippen LogP contribution is -1.98. The van der Waals surface area contributed by atoms with Crippen LogP contribution < -0.4 is 14.2 Å². The molecule has 2 aromatic carbocycles. The third kappa shape index (κ3) is 3.18. The fourth-order valence-corrected chi connectivity index (χ4v) is 4.32. The number of hydrogen-bond acceptors (Lipinski definition) is 6. The summed E-state index contributed by atoms with van der Waals surface area (Å²) in [6.45, 7) is 0. The van der Waals surface area contributed by atoms with Crippen molar-refractivity contribution >= 4 is 16.3 Å². The minimum Gasteiger partial charge on any atom is -0.497 e. The van der Waals surface area contributed by atoms with Crippen LogP contribution in [0.15, 0.2) is 47.8 Å². The van der Waals surface area contributed by atoms with Crippen LogP contribution in [0, 0.1) is 11.3 Å². The van der Waals surface area contributed by atoms with Crippen LogP contribution in [-0.4, -0.2) is 30.7 Å². The Balaban J connectivity index is 2.00. The summed E-state index contributed by atoms with van der Waals surface area (Å²) in [4.78, 5) is 5.63. The third-order valence-corrected chi connectivity index (χ3v) is 5.58. The number of rotatable bonds is 6. The number of imidazole rings is 1. The molecule has 29 heavy (non-hydrogen) atoms. The van der Waals surface area contributed by atoms with Gasteiger partial charge >= 0.3 is 0 Å². The van der Waals surface area contributed by atoms with Crippen molar-refractivity contribution in [3.05, 3.63) is 53.5 Å². The number of thiazole rings is 1. The van der Waals surface area contributed by atoms with Crippen LogP contribution in [0.5, 0.6) is 17.2 Å². The first kappa shape index (κ1) is 18.8. The summed E-state index contributed by atoms with van der Waals surface area (Å²) in [6, 6.07) is 15.6. The number of nitriles is 1. The number of para-hydroxylation sites is 1. The van der Waals surface area contributed by atoms with Gasteiger partial charge in [0.05, 0.1) is 50.9 Å². The van der Waals surface area contributed by atoms with Crippen LogP contribution in [0.3, 0.4) is 0 Å². The van der Waals surface area contributed by atoms with E-state index in [1.807, 2.05) is 52.2 Å². The first-order valence-corrected chi connectivity index (χ1v) is 9.81. The Labute approximate surface area is 172 Å². The molecule has 0 radical (unpaired) electrons. The maximum atomic E-state index is 9.51. The molecular formula is C22H19N3O3S. The Bertz CT molecular complexity index is 1220. The summed E-state index contributed by atoms with van der Waals surface area (Å²) in [7, 11) is 4.90. The van der Waals surface area contributed by atoms with E-state index in [0.29, 0.717) is 0 Å². The molecule has 0 saturated carbocycles. The lowest BCUT2D eigenvalue weighted by Gasteiger charge is -2.11. The molecule has 6 nitrogen and oxygen atoms in total. The van der Waals surface area contributed by atoms with Gasteiger partial charge in [-0.15, -0.1) is 11.3 Å². The van der Waals surface area contributed by atoms with Crippen LogP contribution in [-0.2, 0) is 6.42 Å². The summed E-state index contributed by atoms with van der Waals surface area (Å²) in [5.74, 6) is 2.17. The molecule has 4 aromatic rings. The molecule has 0 aliphatic heterocycles. The third-order valence-electron chi connectivity index (χ3n) is 4.75. The fraction of sp³-hybridized carbons (Fsp3) is 0.182. The lowest BCUT2D eigenvalue weighted by molar-refractivity contribution is 0.404. The Morgan fingerprint density at radius 1 is 1.00 bits per heavy atom. The smallest absolute Gasteiger partial charge is 0.195 e. The van der Waals surface area contributed by atoms with E-state index < -0.39 is 0 Å². The maximum absolute atomic E-state index is 9.51. The van der Waals surface area contributed by atoms with E-state index in [0.717, 1.165) is 50.4 Å². The van der Waals surface area contributed by atoms with Crippen LogP contribution in [0.1, 0.15) is 5.69 Å². The molecule has 0 bridgehead atoms. The molecule has 0 amide bonds. The maximum Gasteiger partial charge on any atom is 0.195 e. The SMILES string of the molecule is COc1ccc(OC)c(-c2csc3nc(-c4ccccc4OC)c(CC#N)n23)c1. The second-order valence-corrected chi connectivity index (χ2v) is 7.08. The number of hydrogen-bond donors (Lipinski definition) is 0. The molecule has 146 valence electrons. The van der Waals surface area contributed by atoms with Crippen molar-refractivity contribution in [2.24, 2.45) is 0 Å². The van der Waals surface area contributed by atoms with Gasteiger partial charge in [0.2, 0.25) is 0 Å². The summed E-state index contributed by atoms with van der Waals surface area (Å²) >= 11 is 1.52. The van der Waals surface area contributed by atoms with Crippen molar-refractivity contribution < 1.29 is 14.2 Å². The minimum atomic E-state index is 0.213. The quantitative estimate of drug-likeness (QED) is 0.460. The fourth-order valence-electron chi connectivity index (χ4n) is 3.41. The number of fused-ring (bicyclic) bond motifs is 1. The van der Waals surface area contributed by atoms with Gasteiger partial charge in [-0.25, -0.2) is 4.98 Å².